The normalized spacial score (nSPS) is 10.9. The lowest BCUT2D eigenvalue weighted by Crippen LogP contribution is -2.37. The first-order valence-electron chi connectivity index (χ1n) is 9.61. The summed E-state index contributed by atoms with van der Waals surface area (Å²) in [5.74, 6) is 1.20. The van der Waals surface area contributed by atoms with E-state index in [-0.39, 0.29) is 10.7 Å². The van der Waals surface area contributed by atoms with E-state index in [1.807, 2.05) is 78.9 Å². The summed E-state index contributed by atoms with van der Waals surface area (Å²) < 4.78 is 6.54. The number of para-hydroxylation sites is 2. The number of anilines is 1. The first kappa shape index (κ1) is 20.3. The number of fused-ring (bicyclic) bond motifs is 1. The lowest BCUT2D eigenvalue weighted by Gasteiger charge is -2.15. The molecule has 3 aromatic carbocycles. The van der Waals surface area contributed by atoms with E-state index < -0.39 is 0 Å². The van der Waals surface area contributed by atoms with E-state index in [2.05, 4.69) is 15.7 Å². The molecule has 154 valence electrons. The fourth-order valence-corrected chi connectivity index (χ4v) is 3.25. The number of rotatable bonds is 5. The fraction of sp³-hybridized carbons (Fsp3) is 0.0417. The van der Waals surface area contributed by atoms with Gasteiger partial charge in [-0.25, -0.2) is 4.98 Å². The average Bonchev–Trinajstić information content (AvgIpc) is 2.81. The molecule has 0 bridgehead atoms. The monoisotopic (exact) mass is 428 g/mol. The summed E-state index contributed by atoms with van der Waals surface area (Å²) in [6, 6.07) is 24.3. The second kappa shape index (κ2) is 9.23. The van der Waals surface area contributed by atoms with Crippen molar-refractivity contribution in [3.63, 3.8) is 0 Å². The van der Waals surface area contributed by atoms with Crippen LogP contribution in [-0.4, -0.2) is 21.9 Å². The lowest BCUT2D eigenvalue weighted by atomic mass is 10.2. The maximum atomic E-state index is 13.2. The van der Waals surface area contributed by atoms with Gasteiger partial charge in [0, 0.05) is 5.69 Å². The lowest BCUT2D eigenvalue weighted by molar-refractivity contribution is 0.415. The zero-order valence-corrected chi connectivity index (χ0v) is 17.6. The van der Waals surface area contributed by atoms with Gasteiger partial charge in [-0.05, 0) is 60.3 Å². The van der Waals surface area contributed by atoms with Gasteiger partial charge in [0.15, 0.2) is 10.9 Å². The predicted molar refractivity (Wildman–Crippen MR) is 130 cm³/mol. The SMILES string of the molecule is COc1ccc(/C=C/c2nc3ccccc3c(=O)n2NC(=S)Nc2ccccc2)cc1. The Morgan fingerprint density at radius 1 is 0.968 bits per heavy atom. The molecular formula is C24H20N4O2S. The number of thiocarbonyl (C=S) groups is 1. The maximum Gasteiger partial charge on any atom is 0.280 e. The molecule has 0 radical (unpaired) electrons. The summed E-state index contributed by atoms with van der Waals surface area (Å²) in [6.07, 6.45) is 3.65. The van der Waals surface area contributed by atoms with E-state index in [0.29, 0.717) is 16.7 Å². The van der Waals surface area contributed by atoms with E-state index in [1.165, 1.54) is 4.68 Å². The van der Waals surface area contributed by atoms with Gasteiger partial charge >= 0.3 is 0 Å². The standard InChI is InChI=1S/C24H20N4O2S/c1-30-19-14-11-17(12-15-19)13-16-22-26-21-10-6-5-9-20(21)23(29)28(22)27-24(31)25-18-7-3-2-4-8-18/h2-16H,1H3,(H2,25,27,31)/b16-13+. The van der Waals surface area contributed by atoms with Crippen LogP contribution >= 0.6 is 12.2 Å². The van der Waals surface area contributed by atoms with Crippen LogP contribution in [0, 0.1) is 0 Å². The summed E-state index contributed by atoms with van der Waals surface area (Å²) in [4.78, 5) is 17.8. The van der Waals surface area contributed by atoms with Crippen LogP contribution in [0.4, 0.5) is 5.69 Å². The van der Waals surface area contributed by atoms with Crippen molar-refractivity contribution in [1.29, 1.82) is 0 Å². The van der Waals surface area contributed by atoms with Gasteiger partial charge in [-0.2, -0.15) is 4.68 Å². The highest BCUT2D eigenvalue weighted by Gasteiger charge is 2.10. The molecule has 1 heterocycles. The molecule has 2 N–H and O–H groups in total. The summed E-state index contributed by atoms with van der Waals surface area (Å²) >= 11 is 5.42. The molecule has 0 aliphatic heterocycles. The van der Waals surface area contributed by atoms with Crippen LogP contribution in [-0.2, 0) is 0 Å². The van der Waals surface area contributed by atoms with Crippen molar-refractivity contribution in [2.75, 3.05) is 17.9 Å². The number of nitrogens with zero attached hydrogens (tertiary/aromatic N) is 2. The first-order chi connectivity index (χ1) is 15.1. The van der Waals surface area contributed by atoms with Gasteiger partial charge in [-0.3, -0.25) is 10.2 Å². The number of hydrogen-bond acceptors (Lipinski definition) is 4. The Morgan fingerprint density at radius 2 is 1.68 bits per heavy atom. The van der Waals surface area contributed by atoms with Crippen LogP contribution in [0.25, 0.3) is 23.1 Å². The smallest absolute Gasteiger partial charge is 0.280 e. The highest BCUT2D eigenvalue weighted by atomic mass is 32.1. The van der Waals surface area contributed by atoms with Crippen molar-refractivity contribution in [3.8, 4) is 5.75 Å². The Hall–Kier alpha value is -3.97. The quantitative estimate of drug-likeness (QED) is 0.456. The Bertz CT molecular complexity index is 1300. The number of methoxy groups -OCH3 is 1. The number of aromatic nitrogens is 2. The second-order valence-corrected chi connectivity index (χ2v) is 7.07. The van der Waals surface area contributed by atoms with Crippen molar-refractivity contribution in [3.05, 3.63) is 101 Å². The molecule has 6 nitrogen and oxygen atoms in total. The molecule has 0 amide bonds. The van der Waals surface area contributed by atoms with Crippen LogP contribution < -0.4 is 21.0 Å². The third-order valence-electron chi connectivity index (χ3n) is 4.59. The van der Waals surface area contributed by atoms with Gasteiger partial charge in [0.2, 0.25) is 0 Å². The van der Waals surface area contributed by atoms with Crippen LogP contribution in [0.2, 0.25) is 0 Å². The zero-order chi connectivity index (χ0) is 21.6. The zero-order valence-electron chi connectivity index (χ0n) is 16.8. The van der Waals surface area contributed by atoms with Crippen LogP contribution in [0.3, 0.4) is 0 Å². The number of hydrogen-bond donors (Lipinski definition) is 2. The van der Waals surface area contributed by atoms with E-state index >= 15 is 0 Å². The number of benzene rings is 3. The maximum absolute atomic E-state index is 13.2. The van der Waals surface area contributed by atoms with Crippen molar-refractivity contribution in [2.24, 2.45) is 0 Å². The van der Waals surface area contributed by atoms with Gasteiger partial charge in [0.1, 0.15) is 5.75 Å². The topological polar surface area (TPSA) is 68.2 Å². The van der Waals surface area contributed by atoms with Gasteiger partial charge in [-0.1, -0.05) is 48.5 Å². The van der Waals surface area contributed by atoms with Crippen molar-refractivity contribution in [1.82, 2.24) is 9.66 Å². The molecule has 0 saturated heterocycles. The van der Waals surface area contributed by atoms with Crippen LogP contribution in [0.1, 0.15) is 11.4 Å². The molecule has 0 aliphatic rings. The highest BCUT2D eigenvalue weighted by Crippen LogP contribution is 2.14. The highest BCUT2D eigenvalue weighted by molar-refractivity contribution is 7.80. The van der Waals surface area contributed by atoms with Crippen LogP contribution in [0.5, 0.6) is 5.75 Å². The minimum Gasteiger partial charge on any atom is -0.497 e. The Labute approximate surface area is 184 Å². The van der Waals surface area contributed by atoms with E-state index in [4.69, 9.17) is 17.0 Å². The summed E-state index contributed by atoms with van der Waals surface area (Å²) in [5.41, 5.74) is 5.10. The largest absolute Gasteiger partial charge is 0.497 e. The van der Waals surface area contributed by atoms with E-state index in [1.54, 1.807) is 19.3 Å². The summed E-state index contributed by atoms with van der Waals surface area (Å²) in [6.45, 7) is 0. The fourth-order valence-electron chi connectivity index (χ4n) is 3.04. The summed E-state index contributed by atoms with van der Waals surface area (Å²) in [7, 11) is 1.63. The van der Waals surface area contributed by atoms with Crippen molar-refractivity contribution < 1.29 is 4.74 Å². The molecular weight excluding hydrogens is 408 g/mol. The van der Waals surface area contributed by atoms with Crippen LogP contribution in [0.15, 0.2) is 83.7 Å². The Kier molecular flexibility index (Phi) is 6.05. The van der Waals surface area contributed by atoms with Crippen molar-refractivity contribution >= 4 is 46.1 Å². The Morgan fingerprint density at radius 3 is 2.42 bits per heavy atom. The van der Waals surface area contributed by atoms with Crippen molar-refractivity contribution in [2.45, 2.75) is 0 Å². The number of nitrogens with one attached hydrogen (secondary N) is 2. The minimum absolute atomic E-state index is 0.239. The molecule has 4 rings (SSSR count). The van der Waals surface area contributed by atoms with Gasteiger partial charge in [0.25, 0.3) is 5.56 Å². The third-order valence-corrected chi connectivity index (χ3v) is 4.78. The van der Waals surface area contributed by atoms with E-state index in [9.17, 15) is 4.79 Å². The van der Waals surface area contributed by atoms with E-state index in [0.717, 1.165) is 17.0 Å². The molecule has 0 atom stereocenters. The second-order valence-electron chi connectivity index (χ2n) is 6.67. The Balaban J connectivity index is 1.69. The number of ether oxygens (including phenoxy) is 1. The molecule has 1 aromatic heterocycles. The van der Waals surface area contributed by atoms with Gasteiger partial charge in [0.05, 0.1) is 18.0 Å². The average molecular weight is 429 g/mol. The first-order valence-corrected chi connectivity index (χ1v) is 10.0. The molecule has 7 heteroatoms. The van der Waals surface area contributed by atoms with Gasteiger partial charge in [-0.15, -0.1) is 0 Å². The molecule has 0 spiro atoms. The van der Waals surface area contributed by atoms with Gasteiger partial charge < -0.3 is 10.1 Å². The predicted octanol–water partition coefficient (Wildman–Crippen LogP) is 4.52. The third kappa shape index (κ3) is 4.79. The molecule has 31 heavy (non-hydrogen) atoms. The molecule has 0 saturated carbocycles. The minimum atomic E-state index is -0.239. The molecule has 0 fully saturated rings. The molecule has 0 aliphatic carbocycles. The summed E-state index contributed by atoms with van der Waals surface area (Å²) in [5, 5.41) is 3.86. The molecule has 0 unspecified atom stereocenters. The molecule has 4 aromatic rings.